The van der Waals surface area contributed by atoms with E-state index < -0.39 is 12.2 Å². The summed E-state index contributed by atoms with van der Waals surface area (Å²) in [5.74, 6) is -0.379. The number of likely N-dealkylation sites (tertiary alicyclic amines) is 1. The molecule has 0 aliphatic carbocycles. The van der Waals surface area contributed by atoms with E-state index in [1.807, 2.05) is 44.2 Å². The van der Waals surface area contributed by atoms with Crippen LogP contribution in [0.25, 0.3) is 0 Å². The van der Waals surface area contributed by atoms with Gasteiger partial charge in [0.15, 0.2) is 0 Å². The summed E-state index contributed by atoms with van der Waals surface area (Å²) in [6.45, 7) is 5.05. The Hall–Kier alpha value is -2.98. The van der Waals surface area contributed by atoms with E-state index in [1.54, 1.807) is 31.1 Å². The number of ether oxygens (including phenoxy) is 2. The van der Waals surface area contributed by atoms with Crippen LogP contribution in [0, 0.1) is 5.92 Å². The quantitative estimate of drug-likeness (QED) is 0.288. The second-order valence-electron chi connectivity index (χ2n) is 10.2. The average Bonchev–Trinajstić information content (AvgIpc) is 3.44. The Morgan fingerprint density at radius 1 is 1.15 bits per heavy atom. The molecule has 4 amide bonds. The molecule has 1 aliphatic heterocycles. The third-order valence-corrected chi connectivity index (χ3v) is 7.78. The van der Waals surface area contributed by atoms with Gasteiger partial charge in [0.1, 0.15) is 0 Å². The predicted molar refractivity (Wildman–Crippen MR) is 149 cm³/mol. The lowest BCUT2D eigenvalue weighted by Crippen LogP contribution is -2.53. The van der Waals surface area contributed by atoms with Crippen LogP contribution in [-0.2, 0) is 35.1 Å². The van der Waals surface area contributed by atoms with Crippen LogP contribution in [0.2, 0.25) is 0 Å². The zero-order valence-corrected chi connectivity index (χ0v) is 24.1. The highest BCUT2D eigenvalue weighted by Crippen LogP contribution is 2.27. The molecule has 1 fully saturated rings. The highest BCUT2D eigenvalue weighted by Gasteiger charge is 2.39. The number of hydrogen-bond acceptors (Lipinski definition) is 6. The molecule has 5 unspecified atom stereocenters. The smallest absolute Gasteiger partial charge is 0.242 e. The number of amides is 4. The Morgan fingerprint density at radius 2 is 1.87 bits per heavy atom. The van der Waals surface area contributed by atoms with Gasteiger partial charge in [0.05, 0.1) is 43.7 Å². The summed E-state index contributed by atoms with van der Waals surface area (Å²) >= 11 is 0. The van der Waals surface area contributed by atoms with Gasteiger partial charge in [0, 0.05) is 34.4 Å². The van der Waals surface area contributed by atoms with Crippen molar-refractivity contribution in [3.8, 4) is 0 Å². The standard InChI is InChI=1S/C29H46N4O6/c1-6-21(2)29(32(3)28(37)19-30-20-34)25(39-5)18-27(36)33-16-10-13-23(33)24(38-4)17-26(35)31-15-14-22-11-8-7-9-12-22/h7-9,11-12,20-21,23-25,29H,6,10,13-19H2,1-5H3,(H,30,34)(H,31,35). The molecule has 0 aromatic heterocycles. The molecule has 0 spiro atoms. The first-order valence-corrected chi connectivity index (χ1v) is 13.9. The van der Waals surface area contributed by atoms with Crippen LogP contribution in [0.15, 0.2) is 30.3 Å². The molecule has 2 rings (SSSR count). The molecule has 10 nitrogen and oxygen atoms in total. The van der Waals surface area contributed by atoms with Crippen LogP contribution in [0.1, 0.15) is 51.5 Å². The number of hydrogen-bond donors (Lipinski definition) is 2. The fourth-order valence-electron chi connectivity index (χ4n) is 5.40. The van der Waals surface area contributed by atoms with Crippen LogP contribution in [-0.4, -0.2) is 99.1 Å². The van der Waals surface area contributed by atoms with Crippen molar-refractivity contribution in [1.29, 1.82) is 0 Å². The Kier molecular flexibility index (Phi) is 13.9. The first-order valence-electron chi connectivity index (χ1n) is 13.9. The summed E-state index contributed by atoms with van der Waals surface area (Å²) in [6, 6.07) is 9.41. The minimum Gasteiger partial charge on any atom is -0.379 e. The molecule has 1 heterocycles. The lowest BCUT2D eigenvalue weighted by Gasteiger charge is -2.39. The van der Waals surface area contributed by atoms with E-state index in [9.17, 15) is 19.2 Å². The van der Waals surface area contributed by atoms with Crippen molar-refractivity contribution in [2.75, 3.05) is 40.9 Å². The zero-order chi connectivity index (χ0) is 28.8. The van der Waals surface area contributed by atoms with Crippen molar-refractivity contribution in [1.82, 2.24) is 20.4 Å². The fourth-order valence-corrected chi connectivity index (χ4v) is 5.40. The number of carbonyl (C=O) groups excluding carboxylic acids is 4. The second-order valence-corrected chi connectivity index (χ2v) is 10.2. The first-order chi connectivity index (χ1) is 18.8. The minimum atomic E-state index is -0.527. The number of benzene rings is 1. The lowest BCUT2D eigenvalue weighted by atomic mass is 9.90. The Balaban J connectivity index is 2.03. The van der Waals surface area contributed by atoms with Gasteiger partial charge < -0.3 is 29.9 Å². The molecular weight excluding hydrogens is 500 g/mol. The molecule has 5 atom stereocenters. The molecule has 1 aromatic rings. The summed E-state index contributed by atoms with van der Waals surface area (Å²) in [7, 11) is 4.81. The van der Waals surface area contributed by atoms with Gasteiger partial charge >= 0.3 is 0 Å². The molecule has 0 radical (unpaired) electrons. The van der Waals surface area contributed by atoms with Gasteiger partial charge in [-0.05, 0) is 30.7 Å². The topological polar surface area (TPSA) is 117 Å². The minimum absolute atomic E-state index is 0.0635. The summed E-state index contributed by atoms with van der Waals surface area (Å²) in [5, 5.41) is 5.38. The average molecular weight is 547 g/mol. The summed E-state index contributed by atoms with van der Waals surface area (Å²) in [4.78, 5) is 53.0. The van der Waals surface area contributed by atoms with Crippen LogP contribution < -0.4 is 10.6 Å². The molecule has 2 N–H and O–H groups in total. The summed E-state index contributed by atoms with van der Waals surface area (Å²) in [6.07, 6.45) is 2.93. The van der Waals surface area contributed by atoms with Gasteiger partial charge in [-0.3, -0.25) is 19.2 Å². The van der Waals surface area contributed by atoms with Crippen LogP contribution in [0.4, 0.5) is 0 Å². The number of carbonyl (C=O) groups is 4. The van der Waals surface area contributed by atoms with Crippen molar-refractivity contribution >= 4 is 24.1 Å². The van der Waals surface area contributed by atoms with Crippen molar-refractivity contribution in [3.05, 3.63) is 35.9 Å². The van der Waals surface area contributed by atoms with Gasteiger partial charge in [0.2, 0.25) is 24.1 Å². The van der Waals surface area contributed by atoms with E-state index in [0.717, 1.165) is 31.2 Å². The molecular formula is C29H46N4O6. The Morgan fingerprint density at radius 3 is 2.49 bits per heavy atom. The van der Waals surface area contributed by atoms with Gasteiger partial charge in [-0.25, -0.2) is 0 Å². The number of nitrogens with zero attached hydrogens (tertiary/aromatic N) is 2. The van der Waals surface area contributed by atoms with Gasteiger partial charge in [-0.15, -0.1) is 0 Å². The Labute approximate surface area is 232 Å². The van der Waals surface area contributed by atoms with Crippen molar-refractivity contribution in [3.63, 3.8) is 0 Å². The van der Waals surface area contributed by atoms with Crippen LogP contribution in [0.5, 0.6) is 0 Å². The molecule has 0 saturated carbocycles. The molecule has 1 aromatic carbocycles. The largest absolute Gasteiger partial charge is 0.379 e. The molecule has 1 saturated heterocycles. The predicted octanol–water partition coefficient (Wildman–Crippen LogP) is 1.77. The maximum atomic E-state index is 13.6. The number of rotatable bonds is 17. The van der Waals surface area contributed by atoms with E-state index in [4.69, 9.17) is 9.47 Å². The maximum Gasteiger partial charge on any atom is 0.242 e. The fraction of sp³-hybridized carbons (Fsp3) is 0.655. The molecule has 39 heavy (non-hydrogen) atoms. The van der Waals surface area contributed by atoms with Crippen molar-refractivity contribution in [2.24, 2.45) is 5.92 Å². The van der Waals surface area contributed by atoms with Crippen LogP contribution in [0.3, 0.4) is 0 Å². The monoisotopic (exact) mass is 546 g/mol. The lowest BCUT2D eigenvalue weighted by molar-refractivity contribution is -0.144. The number of methoxy groups -OCH3 is 2. The number of nitrogens with one attached hydrogen (secondary N) is 2. The summed E-state index contributed by atoms with van der Waals surface area (Å²) < 4.78 is 11.5. The number of likely N-dealkylation sites (N-methyl/N-ethyl adjacent to an activating group) is 1. The van der Waals surface area contributed by atoms with E-state index in [1.165, 1.54) is 0 Å². The maximum absolute atomic E-state index is 13.6. The summed E-state index contributed by atoms with van der Waals surface area (Å²) in [5.41, 5.74) is 1.16. The van der Waals surface area contributed by atoms with Gasteiger partial charge in [-0.2, -0.15) is 0 Å². The normalized spacial score (nSPS) is 18.1. The van der Waals surface area contributed by atoms with E-state index >= 15 is 0 Å². The van der Waals surface area contributed by atoms with Crippen molar-refractivity contribution in [2.45, 2.75) is 76.7 Å². The highest BCUT2D eigenvalue weighted by molar-refractivity contribution is 5.81. The van der Waals surface area contributed by atoms with E-state index in [-0.39, 0.29) is 55.1 Å². The van der Waals surface area contributed by atoms with E-state index in [2.05, 4.69) is 10.6 Å². The SMILES string of the molecule is CCC(C)C(C(CC(=O)N1CCCC1C(CC(=O)NCCc1ccccc1)OC)OC)N(C)C(=O)CNC=O. The molecule has 1 aliphatic rings. The van der Waals surface area contributed by atoms with Gasteiger partial charge in [0.25, 0.3) is 0 Å². The Bertz CT molecular complexity index is 914. The molecule has 10 heteroatoms. The molecule has 218 valence electrons. The highest BCUT2D eigenvalue weighted by atomic mass is 16.5. The van der Waals surface area contributed by atoms with E-state index in [0.29, 0.717) is 19.5 Å². The van der Waals surface area contributed by atoms with Crippen molar-refractivity contribution < 1.29 is 28.7 Å². The van der Waals surface area contributed by atoms with Gasteiger partial charge in [-0.1, -0.05) is 50.6 Å². The first kappa shape index (κ1) is 32.2. The zero-order valence-electron chi connectivity index (χ0n) is 24.1. The third kappa shape index (κ3) is 9.61. The third-order valence-electron chi connectivity index (χ3n) is 7.78. The second kappa shape index (κ2) is 16.9. The van der Waals surface area contributed by atoms with Crippen LogP contribution >= 0.6 is 0 Å². The molecule has 0 bridgehead atoms.